The van der Waals surface area contributed by atoms with Crippen LogP contribution in [0.1, 0.15) is 5.76 Å². The van der Waals surface area contributed by atoms with Crippen molar-refractivity contribution in [1.82, 2.24) is 5.01 Å². The molecule has 1 aromatic carbocycles. The van der Waals surface area contributed by atoms with Crippen LogP contribution >= 0.6 is 47.2 Å². The van der Waals surface area contributed by atoms with Crippen molar-refractivity contribution in [2.75, 3.05) is 5.75 Å². The van der Waals surface area contributed by atoms with Crippen molar-refractivity contribution in [3.05, 3.63) is 46.1 Å². The molecule has 0 atom stereocenters. The zero-order valence-electron chi connectivity index (χ0n) is 11.0. The third-order valence-corrected chi connectivity index (χ3v) is 5.03. The number of hydrazone groups is 1. The maximum absolute atomic E-state index is 11.6. The summed E-state index contributed by atoms with van der Waals surface area (Å²) in [5.41, 5.74) is 0.692. The van der Waals surface area contributed by atoms with Gasteiger partial charge in [0.1, 0.15) is 11.5 Å². The highest BCUT2D eigenvalue weighted by Crippen LogP contribution is 2.34. The predicted molar refractivity (Wildman–Crippen MR) is 93.7 cm³/mol. The average molecular weight is 371 g/mol. The topological polar surface area (TPSA) is 45.8 Å². The van der Waals surface area contributed by atoms with Crippen molar-refractivity contribution < 1.29 is 9.21 Å². The zero-order valence-corrected chi connectivity index (χ0v) is 14.1. The van der Waals surface area contributed by atoms with Gasteiger partial charge in [-0.1, -0.05) is 53.2 Å². The molecule has 0 saturated carbocycles. The molecular formula is C14H8Cl2N2O2S2. The van der Waals surface area contributed by atoms with Gasteiger partial charge in [0.2, 0.25) is 0 Å². The number of amides is 1. The summed E-state index contributed by atoms with van der Waals surface area (Å²) < 4.78 is 6.09. The van der Waals surface area contributed by atoms with Gasteiger partial charge in [-0.3, -0.25) is 4.79 Å². The Balaban J connectivity index is 1.84. The van der Waals surface area contributed by atoms with Gasteiger partial charge in [0.15, 0.2) is 4.32 Å². The Morgan fingerprint density at radius 1 is 1.32 bits per heavy atom. The van der Waals surface area contributed by atoms with Crippen LogP contribution in [-0.2, 0) is 4.79 Å². The standard InChI is InChI=1S/C14H8Cl2N2O2S2/c15-10-3-1-2-9(13(10)16)11-5-4-8(20-11)6-17-18-12(19)7-22-14(18)21/h1-6H,7H2/b17-6+. The number of nitrogens with zero attached hydrogens (tertiary/aromatic N) is 2. The quantitative estimate of drug-likeness (QED) is 0.591. The molecule has 8 heteroatoms. The van der Waals surface area contributed by atoms with Crippen LogP contribution < -0.4 is 0 Å². The van der Waals surface area contributed by atoms with Crippen LogP contribution in [0.2, 0.25) is 10.0 Å². The average Bonchev–Trinajstić information content (AvgIpc) is 3.08. The number of thioether (sulfide) groups is 1. The molecule has 112 valence electrons. The van der Waals surface area contributed by atoms with Crippen LogP contribution in [0.4, 0.5) is 0 Å². The van der Waals surface area contributed by atoms with E-state index in [4.69, 9.17) is 39.8 Å². The van der Waals surface area contributed by atoms with Crippen LogP contribution in [0.25, 0.3) is 11.3 Å². The Morgan fingerprint density at radius 2 is 2.14 bits per heavy atom. The molecule has 2 heterocycles. The second-order valence-corrected chi connectivity index (χ2v) is 6.70. The first kappa shape index (κ1) is 15.6. The van der Waals surface area contributed by atoms with E-state index in [1.165, 1.54) is 23.0 Å². The molecule has 2 aromatic rings. The summed E-state index contributed by atoms with van der Waals surface area (Å²) in [6, 6.07) is 8.79. The van der Waals surface area contributed by atoms with Gasteiger partial charge in [0.05, 0.1) is 22.0 Å². The number of carbonyl (C=O) groups excluding carboxylic acids is 1. The normalized spacial score (nSPS) is 15.3. The minimum atomic E-state index is -0.143. The number of rotatable bonds is 3. The lowest BCUT2D eigenvalue weighted by Gasteiger charge is -2.05. The van der Waals surface area contributed by atoms with Crippen molar-refractivity contribution >= 4 is 63.6 Å². The lowest BCUT2D eigenvalue weighted by atomic mass is 10.2. The van der Waals surface area contributed by atoms with Gasteiger partial charge < -0.3 is 4.42 Å². The van der Waals surface area contributed by atoms with Gasteiger partial charge >= 0.3 is 0 Å². The predicted octanol–water partition coefficient (Wildman–Crippen LogP) is 4.45. The Labute approximate surface area is 146 Å². The summed E-state index contributed by atoms with van der Waals surface area (Å²) in [4.78, 5) is 11.6. The van der Waals surface area contributed by atoms with Crippen molar-refractivity contribution in [3.8, 4) is 11.3 Å². The van der Waals surface area contributed by atoms with E-state index in [2.05, 4.69) is 5.10 Å². The lowest BCUT2D eigenvalue weighted by molar-refractivity contribution is -0.123. The van der Waals surface area contributed by atoms with Crippen molar-refractivity contribution in [3.63, 3.8) is 0 Å². The Kier molecular flexibility index (Phi) is 4.54. The van der Waals surface area contributed by atoms with Crippen LogP contribution in [0.5, 0.6) is 0 Å². The fourth-order valence-electron chi connectivity index (χ4n) is 1.83. The number of furan rings is 1. The van der Waals surface area contributed by atoms with Gasteiger partial charge in [0.25, 0.3) is 5.91 Å². The SMILES string of the molecule is O=C1CSC(=S)N1/N=C/c1ccc(-c2cccc(Cl)c2Cl)o1. The van der Waals surface area contributed by atoms with Crippen molar-refractivity contribution in [2.45, 2.75) is 0 Å². The first-order chi connectivity index (χ1) is 10.6. The fourth-order valence-corrected chi connectivity index (χ4v) is 3.19. The van der Waals surface area contributed by atoms with Gasteiger partial charge in [-0.15, -0.1) is 0 Å². The molecule has 1 aromatic heterocycles. The van der Waals surface area contributed by atoms with E-state index in [1.807, 2.05) is 6.07 Å². The monoisotopic (exact) mass is 370 g/mol. The third kappa shape index (κ3) is 3.05. The summed E-state index contributed by atoms with van der Waals surface area (Å²) in [7, 11) is 0. The summed E-state index contributed by atoms with van der Waals surface area (Å²) in [6.45, 7) is 0. The van der Waals surface area contributed by atoms with Crippen molar-refractivity contribution in [2.24, 2.45) is 5.10 Å². The van der Waals surface area contributed by atoms with Gasteiger partial charge in [-0.25, -0.2) is 0 Å². The Morgan fingerprint density at radius 3 is 2.86 bits per heavy atom. The number of halogens is 2. The molecule has 1 saturated heterocycles. The van der Waals surface area contributed by atoms with E-state index in [1.54, 1.807) is 24.3 Å². The molecule has 0 spiro atoms. The lowest BCUT2D eigenvalue weighted by Crippen LogP contribution is -2.22. The number of hydrogen-bond acceptors (Lipinski definition) is 5. The molecule has 0 unspecified atom stereocenters. The number of carbonyl (C=O) groups is 1. The highest BCUT2D eigenvalue weighted by atomic mass is 35.5. The van der Waals surface area contributed by atoms with E-state index in [0.717, 1.165) is 0 Å². The molecule has 0 N–H and O–H groups in total. The first-order valence-corrected chi connectivity index (χ1v) is 8.29. The number of thiocarbonyl (C=S) groups is 1. The molecule has 0 aliphatic carbocycles. The van der Waals surface area contributed by atoms with Gasteiger partial charge in [-0.2, -0.15) is 10.1 Å². The molecule has 1 amide bonds. The summed E-state index contributed by atoms with van der Waals surface area (Å²) in [6.07, 6.45) is 1.44. The number of benzene rings is 1. The number of hydrogen-bond donors (Lipinski definition) is 0. The molecule has 4 nitrogen and oxygen atoms in total. The van der Waals surface area contributed by atoms with Crippen molar-refractivity contribution in [1.29, 1.82) is 0 Å². The maximum atomic E-state index is 11.6. The summed E-state index contributed by atoms with van der Waals surface area (Å²) in [5, 5.41) is 6.12. The highest BCUT2D eigenvalue weighted by molar-refractivity contribution is 8.23. The minimum absolute atomic E-state index is 0.143. The molecule has 0 bridgehead atoms. The smallest absolute Gasteiger partial charge is 0.259 e. The van der Waals surface area contributed by atoms with Crippen LogP contribution in [0.15, 0.2) is 39.9 Å². The maximum Gasteiger partial charge on any atom is 0.259 e. The molecule has 3 rings (SSSR count). The van der Waals surface area contributed by atoms with E-state index in [-0.39, 0.29) is 5.91 Å². The van der Waals surface area contributed by atoms with Crippen LogP contribution in [0.3, 0.4) is 0 Å². The van der Waals surface area contributed by atoms with E-state index >= 15 is 0 Å². The van der Waals surface area contributed by atoms with Crippen LogP contribution in [0, 0.1) is 0 Å². The Hall–Kier alpha value is -1.34. The second kappa shape index (κ2) is 6.42. The second-order valence-electron chi connectivity index (χ2n) is 4.31. The van der Waals surface area contributed by atoms with Crippen LogP contribution in [-0.4, -0.2) is 27.2 Å². The molecule has 1 fully saturated rings. The summed E-state index contributed by atoms with van der Waals surface area (Å²) in [5.74, 6) is 1.23. The van der Waals surface area contributed by atoms with E-state index < -0.39 is 0 Å². The Bertz CT molecular complexity index is 773. The molecule has 1 aliphatic heterocycles. The fraction of sp³-hybridized carbons (Fsp3) is 0.0714. The molecule has 0 radical (unpaired) electrons. The van der Waals surface area contributed by atoms with E-state index in [0.29, 0.717) is 37.2 Å². The third-order valence-electron chi connectivity index (χ3n) is 2.87. The zero-order chi connectivity index (χ0) is 15.7. The van der Waals surface area contributed by atoms with Gasteiger partial charge in [0, 0.05) is 5.56 Å². The minimum Gasteiger partial charge on any atom is -0.455 e. The molecular weight excluding hydrogens is 363 g/mol. The largest absolute Gasteiger partial charge is 0.455 e. The highest BCUT2D eigenvalue weighted by Gasteiger charge is 2.26. The van der Waals surface area contributed by atoms with Gasteiger partial charge in [-0.05, 0) is 24.3 Å². The summed E-state index contributed by atoms with van der Waals surface area (Å²) >= 11 is 18.5. The molecule has 22 heavy (non-hydrogen) atoms. The van der Waals surface area contributed by atoms with E-state index in [9.17, 15) is 4.79 Å². The first-order valence-electron chi connectivity index (χ1n) is 6.14. The molecule has 1 aliphatic rings.